The Bertz CT molecular complexity index is 2710. The van der Waals surface area contributed by atoms with Crippen LogP contribution in [0.2, 0.25) is 0 Å². The summed E-state index contributed by atoms with van der Waals surface area (Å²) < 4.78 is 56.9. The molecule has 0 aromatic carbocycles. The van der Waals surface area contributed by atoms with Gasteiger partial charge >= 0.3 is 51.4 Å². The molecule has 2 aliphatic rings. The average Bonchev–Trinajstić information content (AvgIpc) is 1.71. The molecular weight excluding hydrogens is 1980 g/mol. The maximum absolute atomic E-state index is 9.27. The standard InChI is InChI=1S/2C29H58N2O.C26H50N2.C14H26N2.C12H25Br.C3H7BrO.2CH4O3S.BrH.K/c2*1-3-5-7-9-11-13-15-17-19-21-24-30-26-27-31(25-22-28-32)29(30)23-20-18-16-14-12-10-8-6-4-2;1-3-5-7-9-11-13-15-17-19-21-24-28-25-23-27-26(28)22-20-18-16-14-12-10-8-6-4-2;1-2-3-4-5-6-7-8-9-10-11-14-15-12-13-16-14;1-2-3-4-5-6-7-8-9-10-11-12-13;4-2-1-3-5;2*1-5(2,3)4;;/h2*26-27,29,32H,3-25,28H2,1-2H3;23,25H,3-22,24H2,1-2H3;12-13H,2-11H2,1H3,(H,15,16);2-12H2,1H3;5H,1-3H2;2*1H3,(H,2,3,4);1H;/q;;;;;;;;;+1/p-3. The van der Waals surface area contributed by atoms with Gasteiger partial charge in [0.15, 0.2) is 0 Å². The van der Waals surface area contributed by atoms with Crippen molar-refractivity contribution in [2.75, 3.05) is 69.2 Å². The fraction of sp³-hybridized carbons (Fsp3) is 0.913. The minimum atomic E-state index is -3.92. The molecule has 4 N–H and O–H groups in total. The number of imidazole rings is 2. The number of aliphatic hydroxyl groups excluding tert-OH is 3. The average molecular weight is 2210 g/mol. The summed E-state index contributed by atoms with van der Waals surface area (Å²) in [5.74, 6) is 2.46. The van der Waals surface area contributed by atoms with E-state index in [1.165, 1.54) is 538 Å². The second-order valence-electron chi connectivity index (χ2n) is 39.7. The van der Waals surface area contributed by atoms with Crippen LogP contribution in [0.1, 0.15) is 587 Å². The summed E-state index contributed by atoms with van der Waals surface area (Å²) in [5.41, 5.74) is 0. The first-order chi connectivity index (χ1) is 66.3. The monoisotopic (exact) mass is 2210 g/mol. The van der Waals surface area contributed by atoms with E-state index in [1.54, 1.807) is 0 Å². The molecule has 0 bridgehead atoms. The van der Waals surface area contributed by atoms with Gasteiger partial charge in [-0.25, -0.2) is 26.8 Å². The van der Waals surface area contributed by atoms with E-state index in [9.17, 15) is 10.2 Å². The van der Waals surface area contributed by atoms with Crippen molar-refractivity contribution >= 4 is 52.1 Å². The Balaban J connectivity index is -0.000000388. The van der Waals surface area contributed by atoms with Crippen molar-refractivity contribution in [1.82, 2.24) is 39.1 Å². The number of aromatic amines is 1. The second kappa shape index (κ2) is 124. The molecule has 2 atom stereocenters. The van der Waals surface area contributed by atoms with Crippen LogP contribution in [0, 0.1) is 0 Å². The second-order valence-corrected chi connectivity index (χ2v) is 44.1. The van der Waals surface area contributed by atoms with Crippen molar-refractivity contribution in [3.63, 3.8) is 0 Å². The van der Waals surface area contributed by atoms with E-state index >= 15 is 0 Å². The van der Waals surface area contributed by atoms with E-state index in [0.29, 0.717) is 44.7 Å². The van der Waals surface area contributed by atoms with Crippen molar-refractivity contribution in [3.8, 4) is 0 Å². The number of hydrogen-bond donors (Lipinski definition) is 4. The van der Waals surface area contributed by atoms with Gasteiger partial charge in [0.25, 0.3) is 0 Å². The van der Waals surface area contributed by atoms with E-state index in [1.807, 2.05) is 18.6 Å². The molecule has 2 aliphatic heterocycles. The molecule has 0 amide bonds. The molecule has 17 nitrogen and oxygen atoms in total. The van der Waals surface area contributed by atoms with Crippen molar-refractivity contribution in [2.45, 2.75) is 607 Å². The van der Waals surface area contributed by atoms with Gasteiger partial charge in [0.2, 0.25) is 0 Å². The predicted octanol–water partition coefficient (Wildman–Crippen LogP) is 29.0. The molecule has 820 valence electrons. The normalized spacial score (nSPS) is 13.1. The van der Waals surface area contributed by atoms with Gasteiger partial charge in [-0.3, -0.25) is 0 Å². The van der Waals surface area contributed by atoms with Gasteiger partial charge in [0.05, 0.1) is 20.2 Å². The van der Waals surface area contributed by atoms with E-state index in [2.05, 4.69) is 157 Å². The Hall–Kier alpha value is -0.124. The molecule has 0 saturated heterocycles. The van der Waals surface area contributed by atoms with Gasteiger partial charge in [-0.15, -0.1) is 0 Å². The first kappa shape index (κ1) is 149. The van der Waals surface area contributed by atoms with Gasteiger partial charge in [0, 0.05) is 138 Å². The van der Waals surface area contributed by atoms with Gasteiger partial charge in [-0.2, -0.15) is 0 Å². The van der Waals surface area contributed by atoms with Crippen LogP contribution in [0.5, 0.6) is 0 Å². The molecule has 4 rings (SSSR count). The molecule has 0 aliphatic carbocycles. The number of nitrogens with one attached hydrogen (secondary N) is 1. The van der Waals surface area contributed by atoms with Crippen LogP contribution in [0.3, 0.4) is 0 Å². The molecule has 2 aromatic heterocycles. The number of H-pyrrole nitrogens is 1. The summed E-state index contributed by atoms with van der Waals surface area (Å²) in [6.45, 7) is 24.8. The molecule has 138 heavy (non-hydrogen) atoms. The number of unbranched alkanes of at least 4 members (excludes halogenated alkanes) is 68. The molecule has 4 heterocycles. The van der Waals surface area contributed by atoms with Crippen LogP contribution < -0.4 is 68.4 Å². The summed E-state index contributed by atoms with van der Waals surface area (Å²) in [6, 6.07) is 0. The number of alkyl halides is 2. The maximum Gasteiger partial charge on any atom is 1.00 e. The quantitative estimate of drug-likeness (QED) is 0.0209. The van der Waals surface area contributed by atoms with Crippen LogP contribution in [-0.4, -0.2) is 162 Å². The molecule has 2 unspecified atom stereocenters. The topological polar surface area (TPSA) is 235 Å². The SMILES string of the molecule is CCCCCCCCCCCCBr.CCCCCCCCCCCCN1C=CN(CCCO)C1CCCCCCCCCCC.CCCCCCCCCCCCN1C=CN(CCCO)C1CCCCCCCCCCC.CCCCCCCCCCCCn1ccnc1CCCCCCCCCCC.CCCCCCCCCCCc1ncc[nH]1.CS(=O)(=O)[O-].CS(=O)(=O)[O-].OCCCBr.[Br-].[K+]. The molecule has 2 aromatic rings. The fourth-order valence-corrected chi connectivity index (χ4v) is 18.5. The van der Waals surface area contributed by atoms with E-state index < -0.39 is 20.2 Å². The first-order valence-electron chi connectivity index (χ1n) is 58.4. The Kier molecular flexibility index (Phi) is 133. The van der Waals surface area contributed by atoms with Crippen LogP contribution in [0.4, 0.5) is 0 Å². The Morgan fingerprint density at radius 2 is 0.500 bits per heavy atom. The Labute approximate surface area is 929 Å². The number of rotatable bonds is 91. The van der Waals surface area contributed by atoms with Gasteiger partial charge in [0.1, 0.15) is 24.0 Å². The zero-order valence-corrected chi connectivity index (χ0v) is 102. The molecule has 23 heteroatoms. The summed E-state index contributed by atoms with van der Waals surface area (Å²) >= 11 is 6.61. The van der Waals surface area contributed by atoms with Gasteiger partial charge in [-0.1, -0.05) is 524 Å². The number of hydrogen-bond acceptors (Lipinski definition) is 15. The van der Waals surface area contributed by atoms with E-state index in [-0.39, 0.29) is 68.4 Å². The zero-order chi connectivity index (χ0) is 101. The molecule has 0 saturated carbocycles. The Morgan fingerprint density at radius 1 is 0.290 bits per heavy atom. The number of nitrogens with zero attached hydrogens (tertiary/aromatic N) is 7. The number of aliphatic hydroxyl groups is 3. The minimum absolute atomic E-state index is 0. The largest absolute Gasteiger partial charge is 1.00 e. The smallest absolute Gasteiger partial charge is 1.00 e. The predicted molar refractivity (Wildman–Crippen MR) is 600 cm³/mol. The summed E-state index contributed by atoms with van der Waals surface area (Å²) in [4.78, 5) is 22.1. The van der Waals surface area contributed by atoms with Crippen LogP contribution in [0.25, 0.3) is 0 Å². The Morgan fingerprint density at radius 3 is 0.725 bits per heavy atom. The van der Waals surface area contributed by atoms with Gasteiger partial charge < -0.3 is 70.6 Å². The van der Waals surface area contributed by atoms with Gasteiger partial charge in [-0.05, 0) is 83.5 Å². The fourth-order valence-electron chi connectivity index (χ4n) is 17.8. The van der Waals surface area contributed by atoms with Crippen molar-refractivity contribution in [2.24, 2.45) is 0 Å². The number of aromatic nitrogens is 4. The summed E-state index contributed by atoms with van der Waals surface area (Å²) in [7, 11) is -7.83. The minimum Gasteiger partial charge on any atom is -1.00 e. The third-order valence-corrected chi connectivity index (χ3v) is 27.3. The van der Waals surface area contributed by atoms with Crippen LogP contribution in [-0.2, 0) is 39.6 Å². The van der Waals surface area contributed by atoms with Crippen molar-refractivity contribution < 1.29 is 110 Å². The maximum atomic E-state index is 9.27. The third-order valence-electron chi connectivity index (χ3n) is 26.2. The molecule has 0 fully saturated rings. The first-order valence-corrected chi connectivity index (χ1v) is 64.3. The van der Waals surface area contributed by atoms with E-state index in [4.69, 9.17) is 31.0 Å². The molecular formula is C115H230Br3KN8O9S2-2. The number of halogens is 3. The van der Waals surface area contributed by atoms with E-state index in [0.717, 1.165) is 49.9 Å². The molecule has 0 spiro atoms. The summed E-state index contributed by atoms with van der Waals surface area (Å²) in [5, 5.41) is 28.7. The number of aryl methyl sites for hydroxylation is 3. The van der Waals surface area contributed by atoms with Crippen molar-refractivity contribution in [3.05, 3.63) is 61.2 Å². The summed E-state index contributed by atoms with van der Waals surface area (Å²) in [6.07, 6.45) is 134. The van der Waals surface area contributed by atoms with Crippen molar-refractivity contribution in [1.29, 1.82) is 0 Å². The zero-order valence-electron chi connectivity index (χ0n) is 92.9. The van der Waals surface area contributed by atoms with Crippen LogP contribution >= 0.6 is 31.9 Å². The molecule has 0 radical (unpaired) electrons. The third kappa shape index (κ3) is 121. The van der Waals surface area contributed by atoms with Crippen LogP contribution in [0.15, 0.2) is 49.6 Å².